The molecule has 0 radical (unpaired) electrons. The molecule has 1 heterocycles. The predicted octanol–water partition coefficient (Wildman–Crippen LogP) is 13.8. The Morgan fingerprint density at radius 2 is 1.12 bits per heavy atom. The number of hydrogen-bond donors (Lipinski definition) is 0. The van der Waals surface area contributed by atoms with Crippen molar-refractivity contribution in [2.24, 2.45) is 0 Å². The van der Waals surface area contributed by atoms with Gasteiger partial charge in [0.1, 0.15) is 5.58 Å². The van der Waals surface area contributed by atoms with Crippen molar-refractivity contribution in [3.05, 3.63) is 175 Å². The van der Waals surface area contributed by atoms with Gasteiger partial charge < -0.3 is 9.32 Å². The van der Waals surface area contributed by atoms with Gasteiger partial charge in [-0.1, -0.05) is 141 Å². The fourth-order valence-electron chi connectivity index (χ4n) is 9.01. The van der Waals surface area contributed by atoms with Gasteiger partial charge in [0, 0.05) is 27.4 Å². The summed E-state index contributed by atoms with van der Waals surface area (Å²) in [6.45, 7) is 4.69. The maximum atomic E-state index is 6.68. The third-order valence-corrected chi connectivity index (χ3v) is 11.4. The number of anilines is 3. The van der Waals surface area contributed by atoms with Crippen LogP contribution in [0.15, 0.2) is 168 Å². The molecule has 0 N–H and O–H groups in total. The zero-order valence-corrected chi connectivity index (χ0v) is 28.4. The summed E-state index contributed by atoms with van der Waals surface area (Å²) in [7, 11) is 0. The topological polar surface area (TPSA) is 16.4 Å². The lowest BCUT2D eigenvalue weighted by atomic mass is 9.82. The number of rotatable bonds is 4. The first-order valence-corrected chi connectivity index (χ1v) is 17.8. The molecule has 0 saturated heterocycles. The molecule has 0 atom stereocenters. The van der Waals surface area contributed by atoms with E-state index in [9.17, 15) is 0 Å². The molecule has 0 aliphatic heterocycles. The molecule has 8 aromatic carbocycles. The molecule has 9 aromatic rings. The molecule has 51 heavy (non-hydrogen) atoms. The molecule has 2 nitrogen and oxygen atoms in total. The van der Waals surface area contributed by atoms with Gasteiger partial charge in [0.2, 0.25) is 0 Å². The van der Waals surface area contributed by atoms with E-state index in [1.807, 2.05) is 6.07 Å². The van der Waals surface area contributed by atoms with Crippen LogP contribution in [-0.2, 0) is 5.41 Å². The van der Waals surface area contributed by atoms with Crippen LogP contribution in [0.4, 0.5) is 17.1 Å². The molecule has 240 valence electrons. The van der Waals surface area contributed by atoms with Crippen LogP contribution >= 0.6 is 0 Å². The van der Waals surface area contributed by atoms with E-state index in [0.717, 1.165) is 39.0 Å². The molecule has 0 spiro atoms. The number of benzene rings is 8. The molecule has 0 bridgehead atoms. The highest BCUT2D eigenvalue weighted by molar-refractivity contribution is 6.16. The number of fused-ring (bicyclic) bond motifs is 9. The first kappa shape index (κ1) is 28.5. The molecule has 11 rings (SSSR count). The lowest BCUT2D eigenvalue weighted by Gasteiger charge is -2.29. The van der Waals surface area contributed by atoms with E-state index in [1.54, 1.807) is 0 Å². The minimum Gasteiger partial charge on any atom is -0.454 e. The molecule has 2 aliphatic carbocycles. The van der Waals surface area contributed by atoms with E-state index in [2.05, 4.69) is 176 Å². The van der Waals surface area contributed by atoms with Gasteiger partial charge in [-0.3, -0.25) is 0 Å². The molecule has 2 aliphatic rings. The maximum Gasteiger partial charge on any atom is 0.159 e. The summed E-state index contributed by atoms with van der Waals surface area (Å²) in [5.74, 6) is 0. The van der Waals surface area contributed by atoms with E-state index < -0.39 is 0 Å². The van der Waals surface area contributed by atoms with Crippen molar-refractivity contribution in [2.75, 3.05) is 4.90 Å². The van der Waals surface area contributed by atoms with Crippen molar-refractivity contribution in [1.82, 2.24) is 0 Å². The Bertz CT molecular complexity index is 2880. The van der Waals surface area contributed by atoms with Gasteiger partial charge in [-0.05, 0) is 97.2 Å². The molecule has 0 saturated carbocycles. The second-order valence-electron chi connectivity index (χ2n) is 14.5. The Hall–Kier alpha value is -6.38. The Morgan fingerprint density at radius 1 is 0.471 bits per heavy atom. The average Bonchev–Trinajstić information content (AvgIpc) is 3.80. The molecular weight excluding hydrogens is 619 g/mol. The van der Waals surface area contributed by atoms with E-state index in [1.165, 1.54) is 66.4 Å². The zero-order chi connectivity index (χ0) is 33.8. The normalized spacial score (nSPS) is 13.5. The summed E-state index contributed by atoms with van der Waals surface area (Å²) in [6, 6.07) is 59.9. The summed E-state index contributed by atoms with van der Waals surface area (Å²) in [6.07, 6.45) is 0. The van der Waals surface area contributed by atoms with Gasteiger partial charge in [-0.2, -0.15) is 0 Å². The number of nitrogens with zero attached hydrogens (tertiary/aromatic N) is 1. The predicted molar refractivity (Wildman–Crippen MR) is 213 cm³/mol. The standard InChI is InChI=1S/C49H33NO/c1-49(2)41-18-5-3-14-39(41)47-42(49)19-10-20-43(47)50(44-21-9-17-38-35-13-4-6-22-45(35)51-48(38)44)33-26-23-30(24-27-33)32-25-28-34-36-15-7-11-31-12-8-16-37(46(31)36)40(34)29-32/h3-29H,1-2H3. The molecule has 0 amide bonds. The van der Waals surface area contributed by atoms with E-state index >= 15 is 0 Å². The molecule has 2 heteroatoms. The van der Waals surface area contributed by atoms with Gasteiger partial charge in [-0.15, -0.1) is 0 Å². The van der Waals surface area contributed by atoms with Gasteiger partial charge in [0.25, 0.3) is 0 Å². The fourth-order valence-corrected chi connectivity index (χ4v) is 9.01. The van der Waals surface area contributed by atoms with Gasteiger partial charge >= 0.3 is 0 Å². The highest BCUT2D eigenvalue weighted by Gasteiger charge is 2.38. The van der Waals surface area contributed by atoms with Crippen LogP contribution in [0.5, 0.6) is 0 Å². The van der Waals surface area contributed by atoms with E-state index in [4.69, 9.17) is 4.42 Å². The van der Waals surface area contributed by atoms with Crippen LogP contribution in [-0.4, -0.2) is 0 Å². The fraction of sp³-hybridized carbons (Fsp3) is 0.0612. The lowest BCUT2D eigenvalue weighted by Crippen LogP contribution is -2.16. The summed E-state index contributed by atoms with van der Waals surface area (Å²) in [5, 5.41) is 4.90. The Balaban J connectivity index is 1.10. The molecule has 0 unspecified atom stereocenters. The van der Waals surface area contributed by atoms with Crippen molar-refractivity contribution < 1.29 is 4.42 Å². The Kier molecular flexibility index (Phi) is 5.76. The van der Waals surface area contributed by atoms with Crippen LogP contribution in [0.2, 0.25) is 0 Å². The monoisotopic (exact) mass is 651 g/mol. The van der Waals surface area contributed by atoms with Crippen molar-refractivity contribution in [1.29, 1.82) is 0 Å². The first-order chi connectivity index (χ1) is 25.1. The van der Waals surface area contributed by atoms with Gasteiger partial charge in [0.15, 0.2) is 5.58 Å². The third-order valence-electron chi connectivity index (χ3n) is 11.4. The highest BCUT2D eigenvalue weighted by atomic mass is 16.3. The summed E-state index contributed by atoms with van der Waals surface area (Å²) in [5.41, 5.74) is 17.9. The minimum atomic E-state index is -0.111. The number of furan rings is 1. The number of para-hydroxylation sites is 2. The quantitative estimate of drug-likeness (QED) is 0.188. The van der Waals surface area contributed by atoms with E-state index in [0.29, 0.717) is 0 Å². The van der Waals surface area contributed by atoms with E-state index in [-0.39, 0.29) is 5.41 Å². The zero-order valence-electron chi connectivity index (χ0n) is 28.4. The summed E-state index contributed by atoms with van der Waals surface area (Å²) in [4.78, 5) is 2.41. The smallest absolute Gasteiger partial charge is 0.159 e. The van der Waals surface area contributed by atoms with Crippen molar-refractivity contribution in [2.45, 2.75) is 19.3 Å². The Labute approximate surface area is 296 Å². The largest absolute Gasteiger partial charge is 0.454 e. The SMILES string of the molecule is CC1(C)c2ccccc2-c2c(N(c3ccc(-c4ccc5c(c4)-c4cccc6cccc-5c46)cc3)c3cccc4c3oc3ccccc34)cccc21. The molecule has 1 aromatic heterocycles. The Morgan fingerprint density at radius 3 is 1.98 bits per heavy atom. The number of hydrogen-bond acceptors (Lipinski definition) is 2. The minimum absolute atomic E-state index is 0.111. The van der Waals surface area contributed by atoms with Crippen LogP contribution in [0, 0.1) is 0 Å². The second kappa shape index (κ2) is 10.3. The molecular formula is C49H33NO. The van der Waals surface area contributed by atoms with Gasteiger partial charge in [-0.25, -0.2) is 0 Å². The lowest BCUT2D eigenvalue weighted by molar-refractivity contribution is 0.660. The van der Waals surface area contributed by atoms with Gasteiger partial charge in [0.05, 0.1) is 11.4 Å². The van der Waals surface area contributed by atoms with Crippen LogP contribution in [0.1, 0.15) is 25.0 Å². The summed E-state index contributed by atoms with van der Waals surface area (Å²) >= 11 is 0. The summed E-state index contributed by atoms with van der Waals surface area (Å²) < 4.78 is 6.68. The third kappa shape index (κ3) is 3.93. The van der Waals surface area contributed by atoms with Crippen molar-refractivity contribution in [3.8, 4) is 44.5 Å². The maximum absolute atomic E-state index is 6.68. The van der Waals surface area contributed by atoms with Crippen LogP contribution in [0.25, 0.3) is 77.2 Å². The average molecular weight is 652 g/mol. The van der Waals surface area contributed by atoms with Crippen molar-refractivity contribution >= 4 is 49.8 Å². The van der Waals surface area contributed by atoms with Crippen molar-refractivity contribution in [3.63, 3.8) is 0 Å². The second-order valence-corrected chi connectivity index (χ2v) is 14.5. The molecule has 0 fully saturated rings. The first-order valence-electron chi connectivity index (χ1n) is 17.8. The van der Waals surface area contributed by atoms with Crippen LogP contribution in [0.3, 0.4) is 0 Å². The van der Waals surface area contributed by atoms with Crippen LogP contribution < -0.4 is 4.90 Å². The highest BCUT2D eigenvalue weighted by Crippen LogP contribution is 2.55.